The standard InChI is InChI=1S/C16H27FO3/c1-13(2,3)19-15-7-10(15)8-16(20-14(4,5)6)11(17)9-18-12(15)16/h10-12H,7-9H2,1-6H3/t10?,11-,12-,15-,16+/m1/s1. The van der Waals surface area contributed by atoms with Gasteiger partial charge in [-0.25, -0.2) is 4.39 Å². The van der Waals surface area contributed by atoms with E-state index in [1.54, 1.807) is 0 Å². The first-order valence-corrected chi connectivity index (χ1v) is 7.65. The fourth-order valence-corrected chi connectivity index (χ4v) is 4.17. The minimum atomic E-state index is -1.06. The van der Waals surface area contributed by atoms with Crippen molar-refractivity contribution in [2.24, 2.45) is 5.92 Å². The average molecular weight is 286 g/mol. The lowest BCUT2D eigenvalue weighted by Crippen LogP contribution is -2.54. The van der Waals surface area contributed by atoms with Gasteiger partial charge in [0.05, 0.1) is 17.8 Å². The Labute approximate surface area is 121 Å². The molecule has 0 bridgehead atoms. The van der Waals surface area contributed by atoms with Crippen molar-refractivity contribution < 1.29 is 18.6 Å². The summed E-state index contributed by atoms with van der Waals surface area (Å²) in [7, 11) is 0. The van der Waals surface area contributed by atoms with Crippen molar-refractivity contribution in [3.8, 4) is 0 Å². The molecule has 1 aliphatic heterocycles. The van der Waals surface area contributed by atoms with Crippen LogP contribution in [0.5, 0.6) is 0 Å². The number of fused-ring (bicyclic) bond motifs is 3. The van der Waals surface area contributed by atoms with Gasteiger partial charge in [-0.3, -0.25) is 0 Å². The molecule has 0 aromatic rings. The number of alkyl halides is 1. The van der Waals surface area contributed by atoms with Gasteiger partial charge in [0.2, 0.25) is 0 Å². The highest BCUT2D eigenvalue weighted by Crippen LogP contribution is 2.68. The van der Waals surface area contributed by atoms with E-state index < -0.39 is 11.8 Å². The maximum atomic E-state index is 14.6. The second-order valence-corrected chi connectivity index (χ2v) is 8.62. The first-order valence-electron chi connectivity index (χ1n) is 7.65. The fourth-order valence-electron chi connectivity index (χ4n) is 4.17. The molecule has 0 spiro atoms. The summed E-state index contributed by atoms with van der Waals surface area (Å²) in [6.07, 6.45) is 0.358. The topological polar surface area (TPSA) is 27.7 Å². The van der Waals surface area contributed by atoms with Gasteiger partial charge in [0.1, 0.15) is 17.3 Å². The van der Waals surface area contributed by atoms with Crippen LogP contribution in [0, 0.1) is 5.92 Å². The SMILES string of the molecule is CC(C)(C)O[C@]12CC3C[C@]3(OC(C)(C)C)[C@H]1OC[C@H]2F. The van der Waals surface area contributed by atoms with Crippen LogP contribution in [0.4, 0.5) is 4.39 Å². The maximum Gasteiger partial charge on any atom is 0.155 e. The molecule has 0 aromatic carbocycles. The van der Waals surface area contributed by atoms with Crippen LogP contribution >= 0.6 is 0 Å². The van der Waals surface area contributed by atoms with Crippen LogP contribution in [0.1, 0.15) is 54.4 Å². The second-order valence-electron chi connectivity index (χ2n) is 8.62. The Kier molecular flexibility index (Phi) is 2.92. The van der Waals surface area contributed by atoms with Crippen LogP contribution in [0.2, 0.25) is 0 Å². The van der Waals surface area contributed by atoms with Crippen LogP contribution in [0.25, 0.3) is 0 Å². The Morgan fingerprint density at radius 3 is 2.00 bits per heavy atom. The third-order valence-electron chi connectivity index (χ3n) is 4.48. The third kappa shape index (κ3) is 2.11. The fraction of sp³-hybridized carbons (Fsp3) is 1.00. The summed E-state index contributed by atoms with van der Waals surface area (Å²) < 4.78 is 32.8. The molecule has 116 valence electrons. The molecular weight excluding hydrogens is 259 g/mol. The van der Waals surface area contributed by atoms with Gasteiger partial charge in [-0.15, -0.1) is 0 Å². The summed E-state index contributed by atoms with van der Waals surface area (Å²) in [4.78, 5) is 0. The van der Waals surface area contributed by atoms with Gasteiger partial charge >= 0.3 is 0 Å². The van der Waals surface area contributed by atoms with Crippen molar-refractivity contribution in [2.45, 2.75) is 89.1 Å². The third-order valence-corrected chi connectivity index (χ3v) is 4.48. The highest BCUT2D eigenvalue weighted by atomic mass is 19.1. The predicted octanol–water partition coefficient (Wildman–Crippen LogP) is 3.25. The molecule has 3 nitrogen and oxygen atoms in total. The monoisotopic (exact) mass is 286 g/mol. The predicted molar refractivity (Wildman–Crippen MR) is 74.5 cm³/mol. The average Bonchev–Trinajstić information content (AvgIpc) is 2.64. The lowest BCUT2D eigenvalue weighted by atomic mass is 9.90. The van der Waals surface area contributed by atoms with Crippen molar-refractivity contribution in [2.75, 3.05) is 6.61 Å². The molecule has 2 saturated carbocycles. The van der Waals surface area contributed by atoms with Gasteiger partial charge < -0.3 is 14.2 Å². The summed E-state index contributed by atoms with van der Waals surface area (Å²) in [5, 5.41) is 0. The van der Waals surface area contributed by atoms with E-state index >= 15 is 0 Å². The molecule has 4 heteroatoms. The van der Waals surface area contributed by atoms with E-state index in [4.69, 9.17) is 14.2 Å². The Balaban J connectivity index is 1.88. The largest absolute Gasteiger partial charge is 0.369 e. The second kappa shape index (κ2) is 3.96. The molecule has 20 heavy (non-hydrogen) atoms. The molecule has 0 radical (unpaired) electrons. The number of rotatable bonds is 2. The number of hydrogen-bond acceptors (Lipinski definition) is 3. The van der Waals surface area contributed by atoms with Crippen LogP contribution in [-0.4, -0.2) is 41.3 Å². The maximum absolute atomic E-state index is 14.6. The van der Waals surface area contributed by atoms with Crippen LogP contribution < -0.4 is 0 Å². The molecular formula is C16H27FO3. The molecule has 3 fully saturated rings. The minimum Gasteiger partial charge on any atom is -0.369 e. The molecule has 1 heterocycles. The van der Waals surface area contributed by atoms with Gasteiger partial charge in [-0.1, -0.05) is 0 Å². The van der Waals surface area contributed by atoms with Crippen LogP contribution in [0.15, 0.2) is 0 Å². The van der Waals surface area contributed by atoms with Gasteiger partial charge in [-0.05, 0) is 60.3 Å². The molecule has 2 aliphatic carbocycles. The lowest BCUT2D eigenvalue weighted by Gasteiger charge is -2.40. The van der Waals surface area contributed by atoms with Crippen molar-refractivity contribution in [3.05, 3.63) is 0 Å². The summed E-state index contributed by atoms with van der Waals surface area (Å²) in [6.45, 7) is 12.2. The highest BCUT2D eigenvalue weighted by Gasteiger charge is 2.79. The number of hydrogen-bond donors (Lipinski definition) is 0. The molecule has 3 aliphatic rings. The number of ether oxygens (including phenoxy) is 3. The summed E-state index contributed by atoms with van der Waals surface area (Å²) in [6, 6.07) is 0. The van der Waals surface area contributed by atoms with E-state index in [2.05, 4.69) is 0 Å². The number of halogens is 1. The zero-order valence-corrected chi connectivity index (χ0v) is 13.5. The van der Waals surface area contributed by atoms with Crippen LogP contribution in [-0.2, 0) is 14.2 Å². The minimum absolute atomic E-state index is 0.128. The zero-order chi connectivity index (χ0) is 15.0. The molecule has 1 unspecified atom stereocenters. The zero-order valence-electron chi connectivity index (χ0n) is 13.5. The van der Waals surface area contributed by atoms with E-state index in [0.29, 0.717) is 12.3 Å². The Bertz CT molecular complexity index is 411. The highest BCUT2D eigenvalue weighted by molar-refractivity contribution is 5.29. The molecule has 0 aromatic heterocycles. The summed E-state index contributed by atoms with van der Waals surface area (Å²) in [5.41, 5.74) is -1.77. The van der Waals surface area contributed by atoms with Crippen molar-refractivity contribution in [1.29, 1.82) is 0 Å². The van der Waals surface area contributed by atoms with E-state index in [1.807, 2.05) is 41.5 Å². The smallest absolute Gasteiger partial charge is 0.155 e. The van der Waals surface area contributed by atoms with E-state index in [9.17, 15) is 4.39 Å². The lowest BCUT2D eigenvalue weighted by molar-refractivity contribution is -0.203. The van der Waals surface area contributed by atoms with Gasteiger partial charge in [-0.2, -0.15) is 0 Å². The van der Waals surface area contributed by atoms with Crippen molar-refractivity contribution in [3.63, 3.8) is 0 Å². The van der Waals surface area contributed by atoms with Crippen molar-refractivity contribution >= 4 is 0 Å². The van der Waals surface area contributed by atoms with E-state index in [0.717, 1.165) is 6.42 Å². The Morgan fingerprint density at radius 2 is 1.45 bits per heavy atom. The summed E-state index contributed by atoms with van der Waals surface area (Å²) in [5.74, 6) is 0.368. The molecule has 3 rings (SSSR count). The van der Waals surface area contributed by atoms with E-state index in [1.165, 1.54) is 0 Å². The van der Waals surface area contributed by atoms with E-state index in [-0.39, 0.29) is 29.5 Å². The van der Waals surface area contributed by atoms with Gasteiger partial charge in [0.25, 0.3) is 0 Å². The first kappa shape index (κ1) is 14.7. The Hall–Kier alpha value is -0.190. The molecule has 0 amide bonds. The quantitative estimate of drug-likeness (QED) is 0.780. The van der Waals surface area contributed by atoms with Crippen molar-refractivity contribution in [1.82, 2.24) is 0 Å². The molecule has 1 saturated heterocycles. The van der Waals surface area contributed by atoms with Gasteiger partial charge in [0.15, 0.2) is 6.17 Å². The summed E-state index contributed by atoms with van der Waals surface area (Å²) >= 11 is 0. The normalized spacial score (nSPS) is 47.2. The first-order chi connectivity index (χ1) is 8.99. The van der Waals surface area contributed by atoms with Crippen LogP contribution in [0.3, 0.4) is 0 Å². The van der Waals surface area contributed by atoms with Gasteiger partial charge in [0, 0.05) is 0 Å². The molecule has 0 N–H and O–H groups in total. The molecule has 5 atom stereocenters. The Morgan fingerprint density at radius 1 is 0.950 bits per heavy atom.